The molecule has 0 saturated carbocycles. The molecule has 102 valence electrons. The molecule has 6 nitrogen and oxygen atoms in total. The maximum absolute atomic E-state index is 11.7. The summed E-state index contributed by atoms with van der Waals surface area (Å²) in [5.74, 6) is -2.40. The molecule has 10 heteroatoms. The number of aliphatic hydroxyl groups excluding tert-OH is 1. The summed E-state index contributed by atoms with van der Waals surface area (Å²) in [7, 11) is -4.01. The minimum absolute atomic E-state index is 0.623. The summed E-state index contributed by atoms with van der Waals surface area (Å²) < 4.78 is 59.0. The smallest absolute Gasteiger partial charge is 0.389 e. The highest BCUT2D eigenvalue weighted by Crippen LogP contribution is 2.21. The van der Waals surface area contributed by atoms with Gasteiger partial charge in [0.1, 0.15) is 0 Å². The van der Waals surface area contributed by atoms with Crippen molar-refractivity contribution < 1.29 is 36.6 Å². The first-order valence-electron chi connectivity index (χ1n) is 4.48. The Labute approximate surface area is 95.5 Å². The minimum atomic E-state index is -4.43. The molecular formula is C7H12F3NO5S. The minimum Gasteiger partial charge on any atom is -0.479 e. The molecule has 0 aliphatic heterocycles. The van der Waals surface area contributed by atoms with Gasteiger partial charge in [-0.3, -0.25) is 0 Å². The van der Waals surface area contributed by atoms with Crippen LogP contribution in [-0.4, -0.2) is 49.2 Å². The van der Waals surface area contributed by atoms with Crippen molar-refractivity contribution in [2.45, 2.75) is 25.1 Å². The predicted molar refractivity (Wildman–Crippen MR) is 50.7 cm³/mol. The SMILES string of the molecule is O=C(O)[C@@H](O)CNS(=O)(=O)CCCC(F)(F)F. The fourth-order valence-electron chi connectivity index (χ4n) is 0.828. The van der Waals surface area contributed by atoms with Crippen LogP contribution in [0.15, 0.2) is 0 Å². The number of alkyl halides is 3. The van der Waals surface area contributed by atoms with Gasteiger partial charge < -0.3 is 10.2 Å². The molecule has 0 aliphatic carbocycles. The van der Waals surface area contributed by atoms with Gasteiger partial charge >= 0.3 is 12.1 Å². The van der Waals surface area contributed by atoms with E-state index in [2.05, 4.69) is 0 Å². The number of rotatable bonds is 7. The molecule has 0 aromatic heterocycles. The summed E-state index contributed by atoms with van der Waals surface area (Å²) in [6, 6.07) is 0. The standard InChI is InChI=1S/C7H12F3NO5S/c8-7(9,10)2-1-3-17(15,16)11-4-5(12)6(13)14/h5,11-12H,1-4H2,(H,13,14)/t5-/m0/s1. The molecule has 0 heterocycles. The number of hydrogen-bond acceptors (Lipinski definition) is 4. The van der Waals surface area contributed by atoms with E-state index in [-0.39, 0.29) is 0 Å². The first-order valence-corrected chi connectivity index (χ1v) is 6.14. The van der Waals surface area contributed by atoms with E-state index in [1.54, 1.807) is 4.72 Å². The lowest BCUT2D eigenvalue weighted by atomic mass is 10.3. The van der Waals surface area contributed by atoms with Crippen molar-refractivity contribution in [1.82, 2.24) is 4.72 Å². The molecule has 1 atom stereocenters. The monoisotopic (exact) mass is 279 g/mol. The van der Waals surface area contributed by atoms with Crippen LogP contribution in [0.25, 0.3) is 0 Å². The number of carboxylic acid groups (broad SMARTS) is 1. The molecule has 0 aromatic carbocycles. The second-order valence-electron chi connectivity index (χ2n) is 3.24. The topological polar surface area (TPSA) is 104 Å². The molecule has 0 bridgehead atoms. The van der Waals surface area contributed by atoms with Crippen molar-refractivity contribution >= 4 is 16.0 Å². The molecule has 0 fully saturated rings. The van der Waals surface area contributed by atoms with E-state index in [0.29, 0.717) is 0 Å². The van der Waals surface area contributed by atoms with Gasteiger partial charge in [0.2, 0.25) is 10.0 Å². The Morgan fingerprint density at radius 1 is 1.35 bits per heavy atom. The van der Waals surface area contributed by atoms with Crippen LogP contribution in [0, 0.1) is 0 Å². The number of carboxylic acids is 1. The molecule has 0 radical (unpaired) electrons. The normalized spacial score (nSPS) is 14.6. The Morgan fingerprint density at radius 3 is 2.29 bits per heavy atom. The van der Waals surface area contributed by atoms with Crippen LogP contribution in [0.4, 0.5) is 13.2 Å². The van der Waals surface area contributed by atoms with Gasteiger partial charge in [0.15, 0.2) is 6.10 Å². The highest BCUT2D eigenvalue weighted by molar-refractivity contribution is 7.89. The highest BCUT2D eigenvalue weighted by atomic mass is 32.2. The number of carbonyl (C=O) groups is 1. The van der Waals surface area contributed by atoms with E-state index in [1.165, 1.54) is 0 Å². The van der Waals surface area contributed by atoms with Crippen molar-refractivity contribution in [2.24, 2.45) is 0 Å². The van der Waals surface area contributed by atoms with Crippen LogP contribution >= 0.6 is 0 Å². The second-order valence-corrected chi connectivity index (χ2v) is 5.17. The Balaban J connectivity index is 4.01. The number of nitrogens with one attached hydrogen (secondary N) is 1. The summed E-state index contributed by atoms with van der Waals surface area (Å²) in [4.78, 5) is 10.1. The summed E-state index contributed by atoms with van der Waals surface area (Å²) in [6.45, 7) is -0.774. The molecule has 0 saturated heterocycles. The lowest BCUT2D eigenvalue weighted by Gasteiger charge is -2.09. The van der Waals surface area contributed by atoms with Gasteiger partial charge in [0, 0.05) is 13.0 Å². The van der Waals surface area contributed by atoms with Crippen LogP contribution in [-0.2, 0) is 14.8 Å². The van der Waals surface area contributed by atoms with E-state index < -0.39 is 53.4 Å². The highest BCUT2D eigenvalue weighted by Gasteiger charge is 2.27. The molecule has 3 N–H and O–H groups in total. The molecule has 0 aromatic rings. The van der Waals surface area contributed by atoms with Gasteiger partial charge in [0.05, 0.1) is 5.75 Å². The summed E-state index contributed by atoms with van der Waals surface area (Å²) in [5.41, 5.74) is 0. The lowest BCUT2D eigenvalue weighted by molar-refractivity contribution is -0.146. The van der Waals surface area contributed by atoms with E-state index in [9.17, 15) is 26.4 Å². The molecule has 0 rings (SSSR count). The zero-order chi connectivity index (χ0) is 13.7. The van der Waals surface area contributed by atoms with Crippen molar-refractivity contribution in [3.63, 3.8) is 0 Å². The first kappa shape index (κ1) is 16.1. The third-order valence-corrected chi connectivity index (χ3v) is 3.09. The first-order chi connectivity index (χ1) is 7.53. The predicted octanol–water partition coefficient (Wildman–Crippen LogP) is -0.306. The molecular weight excluding hydrogens is 267 g/mol. The zero-order valence-corrected chi connectivity index (χ0v) is 9.38. The van der Waals surface area contributed by atoms with Crippen LogP contribution in [0.1, 0.15) is 12.8 Å². The average molecular weight is 279 g/mol. The molecule has 0 aliphatic rings. The maximum Gasteiger partial charge on any atom is 0.389 e. The fourth-order valence-corrected chi connectivity index (χ4v) is 1.91. The molecule has 0 spiro atoms. The van der Waals surface area contributed by atoms with Gasteiger partial charge in [-0.05, 0) is 6.42 Å². The van der Waals surface area contributed by atoms with Crippen molar-refractivity contribution in [3.05, 3.63) is 0 Å². The Bertz CT molecular complexity index is 353. The van der Waals surface area contributed by atoms with Crippen LogP contribution in [0.2, 0.25) is 0 Å². The summed E-state index contributed by atoms with van der Waals surface area (Å²) in [5, 5.41) is 17.0. The van der Waals surface area contributed by atoms with E-state index in [0.717, 1.165) is 0 Å². The zero-order valence-electron chi connectivity index (χ0n) is 8.57. The van der Waals surface area contributed by atoms with Crippen molar-refractivity contribution in [3.8, 4) is 0 Å². The van der Waals surface area contributed by atoms with Crippen LogP contribution in [0.3, 0.4) is 0 Å². The van der Waals surface area contributed by atoms with Crippen molar-refractivity contribution in [1.29, 1.82) is 0 Å². The van der Waals surface area contributed by atoms with Gasteiger partial charge in [-0.25, -0.2) is 17.9 Å². The lowest BCUT2D eigenvalue weighted by Crippen LogP contribution is -2.37. The molecule has 0 unspecified atom stereocenters. The Kier molecular flexibility index (Phi) is 5.85. The molecule has 0 amide bonds. The van der Waals surface area contributed by atoms with Gasteiger partial charge in [-0.15, -0.1) is 0 Å². The second kappa shape index (κ2) is 6.17. The van der Waals surface area contributed by atoms with E-state index in [4.69, 9.17) is 10.2 Å². The third kappa shape index (κ3) is 8.89. The van der Waals surface area contributed by atoms with E-state index >= 15 is 0 Å². The Morgan fingerprint density at radius 2 is 1.88 bits per heavy atom. The summed E-state index contributed by atoms with van der Waals surface area (Å²) >= 11 is 0. The number of aliphatic hydroxyl groups is 1. The number of hydrogen-bond donors (Lipinski definition) is 3. The van der Waals surface area contributed by atoms with Crippen LogP contribution < -0.4 is 4.72 Å². The fraction of sp³-hybridized carbons (Fsp3) is 0.857. The van der Waals surface area contributed by atoms with Gasteiger partial charge in [0.25, 0.3) is 0 Å². The van der Waals surface area contributed by atoms with E-state index in [1.807, 2.05) is 0 Å². The number of aliphatic carboxylic acids is 1. The summed E-state index contributed by atoms with van der Waals surface area (Å²) in [6.07, 6.45) is -8.22. The van der Waals surface area contributed by atoms with Crippen molar-refractivity contribution in [2.75, 3.05) is 12.3 Å². The van der Waals surface area contributed by atoms with Crippen LogP contribution in [0.5, 0.6) is 0 Å². The van der Waals surface area contributed by atoms with Gasteiger partial charge in [-0.1, -0.05) is 0 Å². The largest absolute Gasteiger partial charge is 0.479 e. The Hall–Kier alpha value is -0.870. The average Bonchev–Trinajstić information content (AvgIpc) is 2.11. The third-order valence-electron chi connectivity index (χ3n) is 1.65. The quantitative estimate of drug-likeness (QED) is 0.593. The van der Waals surface area contributed by atoms with Gasteiger partial charge in [-0.2, -0.15) is 13.2 Å². The number of sulfonamides is 1. The molecule has 17 heavy (non-hydrogen) atoms. The maximum atomic E-state index is 11.7. The number of halogens is 3.